The van der Waals surface area contributed by atoms with E-state index in [1.54, 1.807) is 13.2 Å². The number of ether oxygens (including phenoxy) is 1. The molecule has 1 rings (SSSR count). The number of nitrogens with two attached hydrogens (primary N) is 1. The van der Waals surface area contributed by atoms with Crippen LogP contribution in [0.15, 0.2) is 24.3 Å². The third-order valence-electron chi connectivity index (χ3n) is 1.63. The van der Waals surface area contributed by atoms with Crippen molar-refractivity contribution >= 4 is 17.7 Å². The van der Waals surface area contributed by atoms with Crippen LogP contribution in [0.5, 0.6) is 5.75 Å². The summed E-state index contributed by atoms with van der Waals surface area (Å²) in [6, 6.07) is 5.46. The molecule has 0 aliphatic rings. The molecule has 2 N–H and O–H groups in total. The summed E-state index contributed by atoms with van der Waals surface area (Å²) in [6.07, 6.45) is 3.75. The van der Waals surface area contributed by atoms with Crippen LogP contribution in [0.3, 0.4) is 0 Å². The Labute approximate surface area is 83.0 Å². The van der Waals surface area contributed by atoms with Gasteiger partial charge in [-0.25, -0.2) is 0 Å². The monoisotopic (exact) mass is 197 g/mol. The second-order valence-electron chi connectivity index (χ2n) is 2.52. The van der Waals surface area contributed by atoms with Crippen LogP contribution in [0.1, 0.15) is 5.56 Å². The average Bonchev–Trinajstić information content (AvgIpc) is 2.15. The molecule has 0 aromatic heterocycles. The van der Waals surface area contributed by atoms with E-state index >= 15 is 0 Å². The molecule has 0 bridgehead atoms. The van der Waals surface area contributed by atoms with E-state index in [-0.39, 0.29) is 0 Å². The third kappa shape index (κ3) is 2.76. The first-order valence-corrected chi connectivity index (χ1v) is 4.36. The van der Waals surface area contributed by atoms with Gasteiger partial charge in [0.1, 0.15) is 5.75 Å². The zero-order chi connectivity index (χ0) is 9.68. The van der Waals surface area contributed by atoms with Gasteiger partial charge in [-0.05, 0) is 18.2 Å². The van der Waals surface area contributed by atoms with Crippen molar-refractivity contribution in [3.05, 3.63) is 34.9 Å². The van der Waals surface area contributed by atoms with Crippen molar-refractivity contribution in [3.63, 3.8) is 0 Å². The summed E-state index contributed by atoms with van der Waals surface area (Å²) in [6.45, 7) is 0.510. The van der Waals surface area contributed by atoms with E-state index in [4.69, 9.17) is 22.1 Å². The van der Waals surface area contributed by atoms with Gasteiger partial charge in [-0.2, -0.15) is 0 Å². The molecule has 0 spiro atoms. The predicted octanol–water partition coefficient (Wildman–Crippen LogP) is 2.32. The first-order valence-electron chi connectivity index (χ1n) is 3.98. The molecule has 0 amide bonds. The van der Waals surface area contributed by atoms with Crippen molar-refractivity contribution in [1.82, 2.24) is 0 Å². The number of benzene rings is 1. The van der Waals surface area contributed by atoms with Crippen LogP contribution in [0, 0.1) is 0 Å². The normalized spacial score (nSPS) is 10.7. The fourth-order valence-corrected chi connectivity index (χ4v) is 1.21. The maximum absolute atomic E-state index is 5.83. The Hall–Kier alpha value is -0.990. The number of halogens is 1. The molecule has 70 valence electrons. The number of hydrogen-bond acceptors (Lipinski definition) is 2. The first kappa shape index (κ1) is 10.1. The minimum absolute atomic E-state index is 0.510. The summed E-state index contributed by atoms with van der Waals surface area (Å²) in [4.78, 5) is 0. The van der Waals surface area contributed by atoms with Gasteiger partial charge < -0.3 is 10.5 Å². The van der Waals surface area contributed by atoms with Crippen molar-refractivity contribution in [2.75, 3.05) is 13.7 Å². The van der Waals surface area contributed by atoms with Gasteiger partial charge in [-0.1, -0.05) is 23.8 Å². The van der Waals surface area contributed by atoms with Crippen LogP contribution in [0.4, 0.5) is 0 Å². The van der Waals surface area contributed by atoms with Crippen molar-refractivity contribution in [3.8, 4) is 5.75 Å². The lowest BCUT2D eigenvalue weighted by molar-refractivity contribution is 0.414. The highest BCUT2D eigenvalue weighted by Crippen LogP contribution is 2.23. The summed E-state index contributed by atoms with van der Waals surface area (Å²) in [5, 5.41) is 0.692. The molecule has 0 fully saturated rings. The number of hydrogen-bond donors (Lipinski definition) is 1. The van der Waals surface area contributed by atoms with E-state index in [9.17, 15) is 0 Å². The highest BCUT2D eigenvalue weighted by molar-refractivity contribution is 6.30. The van der Waals surface area contributed by atoms with Gasteiger partial charge in [0, 0.05) is 17.1 Å². The second kappa shape index (κ2) is 4.90. The fraction of sp³-hybridized carbons (Fsp3) is 0.200. The molecule has 1 aromatic rings. The minimum atomic E-state index is 0.510. The van der Waals surface area contributed by atoms with Gasteiger partial charge >= 0.3 is 0 Å². The van der Waals surface area contributed by atoms with Crippen LogP contribution < -0.4 is 10.5 Å². The quantitative estimate of drug-likeness (QED) is 0.807. The standard InChI is InChI=1S/C10H12ClNO/c1-13-10-5-4-9(11)7-8(10)3-2-6-12/h2-5,7H,6,12H2,1H3. The Morgan fingerprint density at radius 2 is 2.31 bits per heavy atom. The Kier molecular flexibility index (Phi) is 3.80. The van der Waals surface area contributed by atoms with Crippen molar-refractivity contribution < 1.29 is 4.74 Å². The van der Waals surface area contributed by atoms with Crippen molar-refractivity contribution in [1.29, 1.82) is 0 Å². The predicted molar refractivity (Wildman–Crippen MR) is 56.1 cm³/mol. The highest BCUT2D eigenvalue weighted by atomic mass is 35.5. The van der Waals surface area contributed by atoms with E-state index < -0.39 is 0 Å². The lowest BCUT2D eigenvalue weighted by Gasteiger charge is -2.04. The smallest absolute Gasteiger partial charge is 0.126 e. The van der Waals surface area contributed by atoms with Crippen LogP contribution in [-0.2, 0) is 0 Å². The van der Waals surface area contributed by atoms with E-state index in [0.29, 0.717) is 11.6 Å². The van der Waals surface area contributed by atoms with Gasteiger partial charge in [0.05, 0.1) is 7.11 Å². The summed E-state index contributed by atoms with van der Waals surface area (Å²) >= 11 is 5.83. The molecule has 1 aromatic carbocycles. The molecule has 3 heteroatoms. The van der Waals surface area contributed by atoms with Crippen LogP contribution in [-0.4, -0.2) is 13.7 Å². The Morgan fingerprint density at radius 1 is 1.54 bits per heavy atom. The first-order chi connectivity index (χ1) is 6.27. The van der Waals surface area contributed by atoms with Gasteiger partial charge in [0.15, 0.2) is 0 Å². The molecular weight excluding hydrogens is 186 g/mol. The van der Waals surface area contributed by atoms with Gasteiger partial charge in [0.2, 0.25) is 0 Å². The Morgan fingerprint density at radius 3 is 2.92 bits per heavy atom. The zero-order valence-electron chi connectivity index (χ0n) is 7.46. The SMILES string of the molecule is COc1ccc(Cl)cc1C=CCN. The van der Waals surface area contributed by atoms with E-state index in [2.05, 4.69) is 0 Å². The molecular formula is C10H12ClNO. The van der Waals surface area contributed by atoms with Crippen LogP contribution in [0.25, 0.3) is 6.08 Å². The molecule has 0 saturated carbocycles. The summed E-state index contributed by atoms with van der Waals surface area (Å²) < 4.78 is 5.15. The third-order valence-corrected chi connectivity index (χ3v) is 1.86. The second-order valence-corrected chi connectivity index (χ2v) is 2.96. The van der Waals surface area contributed by atoms with Gasteiger partial charge in [-0.15, -0.1) is 0 Å². The molecule has 0 atom stereocenters. The van der Waals surface area contributed by atoms with Gasteiger partial charge in [0.25, 0.3) is 0 Å². The number of rotatable bonds is 3. The maximum atomic E-state index is 5.83. The Balaban J connectivity index is 3.01. The average molecular weight is 198 g/mol. The molecule has 13 heavy (non-hydrogen) atoms. The Bertz CT molecular complexity index is 310. The molecule has 0 heterocycles. The lowest BCUT2D eigenvalue weighted by atomic mass is 10.2. The van der Waals surface area contributed by atoms with E-state index in [1.807, 2.05) is 24.3 Å². The summed E-state index contributed by atoms with van der Waals surface area (Å²) in [5.74, 6) is 0.800. The molecule has 0 radical (unpaired) electrons. The molecule has 0 aliphatic heterocycles. The van der Waals surface area contributed by atoms with Gasteiger partial charge in [-0.3, -0.25) is 0 Å². The molecule has 0 aliphatic carbocycles. The van der Waals surface area contributed by atoms with Crippen molar-refractivity contribution in [2.45, 2.75) is 0 Å². The highest BCUT2D eigenvalue weighted by Gasteiger charge is 1.98. The zero-order valence-corrected chi connectivity index (χ0v) is 8.21. The maximum Gasteiger partial charge on any atom is 0.126 e. The minimum Gasteiger partial charge on any atom is -0.496 e. The molecule has 2 nitrogen and oxygen atoms in total. The summed E-state index contributed by atoms with van der Waals surface area (Å²) in [5.41, 5.74) is 6.29. The van der Waals surface area contributed by atoms with Crippen LogP contribution >= 0.6 is 11.6 Å². The fourth-order valence-electron chi connectivity index (χ4n) is 1.03. The van der Waals surface area contributed by atoms with Crippen molar-refractivity contribution in [2.24, 2.45) is 5.73 Å². The molecule has 0 saturated heterocycles. The largest absolute Gasteiger partial charge is 0.496 e. The van der Waals surface area contributed by atoms with E-state index in [0.717, 1.165) is 11.3 Å². The number of methoxy groups -OCH3 is 1. The summed E-state index contributed by atoms with van der Waals surface area (Å²) in [7, 11) is 1.63. The lowest BCUT2D eigenvalue weighted by Crippen LogP contribution is -1.92. The molecule has 0 unspecified atom stereocenters. The van der Waals surface area contributed by atoms with Crippen LogP contribution in [0.2, 0.25) is 5.02 Å². The van der Waals surface area contributed by atoms with E-state index in [1.165, 1.54) is 0 Å². The topological polar surface area (TPSA) is 35.2 Å².